The summed E-state index contributed by atoms with van der Waals surface area (Å²) in [6, 6.07) is 0. The summed E-state index contributed by atoms with van der Waals surface area (Å²) in [6.45, 7) is 3.39. The number of carbonyl (C=O) groups excluding carboxylic acids is 2. The molecule has 6 nitrogen and oxygen atoms in total. The SMILES string of the molecule is COC(=O)c1cnn(C)c1C(C)(C)N=C=O. The van der Waals surface area contributed by atoms with Crippen molar-refractivity contribution in [3.63, 3.8) is 0 Å². The van der Waals surface area contributed by atoms with E-state index in [0.29, 0.717) is 11.3 Å². The number of aliphatic imine (C=N–C) groups is 1. The van der Waals surface area contributed by atoms with E-state index in [0.717, 1.165) is 0 Å². The number of ether oxygens (including phenoxy) is 1. The normalized spacial score (nSPS) is 10.8. The molecule has 0 fully saturated rings. The number of carbonyl (C=O) groups is 1. The fourth-order valence-electron chi connectivity index (χ4n) is 1.59. The summed E-state index contributed by atoms with van der Waals surface area (Å²) in [5.74, 6) is -0.503. The monoisotopic (exact) mass is 223 g/mol. The molecule has 0 aromatic carbocycles. The number of methoxy groups -OCH3 is 1. The van der Waals surface area contributed by atoms with Crippen LogP contribution in [0.15, 0.2) is 11.2 Å². The molecule has 0 unspecified atom stereocenters. The van der Waals surface area contributed by atoms with Gasteiger partial charge in [0.25, 0.3) is 0 Å². The molecule has 86 valence electrons. The highest BCUT2D eigenvalue weighted by Gasteiger charge is 2.30. The molecule has 0 spiro atoms. The predicted octanol–water partition coefficient (Wildman–Crippen LogP) is 0.778. The van der Waals surface area contributed by atoms with E-state index in [9.17, 15) is 9.59 Å². The molecule has 0 bridgehead atoms. The van der Waals surface area contributed by atoms with Crippen LogP contribution in [-0.2, 0) is 22.1 Å². The van der Waals surface area contributed by atoms with Crippen molar-refractivity contribution < 1.29 is 14.3 Å². The van der Waals surface area contributed by atoms with E-state index < -0.39 is 11.5 Å². The Labute approximate surface area is 92.9 Å². The summed E-state index contributed by atoms with van der Waals surface area (Å²) in [6.07, 6.45) is 2.88. The van der Waals surface area contributed by atoms with Crippen molar-refractivity contribution in [2.45, 2.75) is 19.4 Å². The minimum absolute atomic E-state index is 0.300. The Kier molecular flexibility index (Phi) is 3.25. The van der Waals surface area contributed by atoms with Crippen LogP contribution in [0.5, 0.6) is 0 Å². The van der Waals surface area contributed by atoms with Gasteiger partial charge in [-0.25, -0.2) is 9.59 Å². The highest BCUT2D eigenvalue weighted by molar-refractivity contribution is 5.90. The molecule has 1 heterocycles. The second-order valence-electron chi connectivity index (χ2n) is 3.78. The molecule has 1 aromatic rings. The lowest BCUT2D eigenvalue weighted by molar-refractivity contribution is 0.0597. The molecule has 16 heavy (non-hydrogen) atoms. The predicted molar refractivity (Wildman–Crippen MR) is 55.7 cm³/mol. The highest BCUT2D eigenvalue weighted by atomic mass is 16.5. The smallest absolute Gasteiger partial charge is 0.341 e. The number of aryl methyl sites for hydroxylation is 1. The minimum Gasteiger partial charge on any atom is -0.465 e. The summed E-state index contributed by atoms with van der Waals surface area (Å²) in [4.78, 5) is 25.5. The third kappa shape index (κ3) is 2.01. The molecule has 1 aromatic heterocycles. The zero-order chi connectivity index (χ0) is 12.3. The van der Waals surface area contributed by atoms with Crippen molar-refractivity contribution in [1.29, 1.82) is 0 Å². The average molecular weight is 223 g/mol. The molecule has 0 saturated carbocycles. The molecule has 0 amide bonds. The van der Waals surface area contributed by atoms with Gasteiger partial charge < -0.3 is 4.74 Å². The molecule has 0 radical (unpaired) electrons. The number of aromatic nitrogens is 2. The van der Waals surface area contributed by atoms with Crippen molar-refractivity contribution >= 4 is 12.0 Å². The van der Waals surface area contributed by atoms with E-state index in [1.165, 1.54) is 24.1 Å². The average Bonchev–Trinajstić information content (AvgIpc) is 2.59. The topological polar surface area (TPSA) is 73.5 Å². The van der Waals surface area contributed by atoms with Gasteiger partial charge in [-0.05, 0) is 13.8 Å². The maximum Gasteiger partial charge on any atom is 0.341 e. The van der Waals surface area contributed by atoms with Crippen LogP contribution in [0.2, 0.25) is 0 Å². The molecule has 0 aliphatic rings. The molecule has 0 N–H and O–H groups in total. The van der Waals surface area contributed by atoms with Crippen LogP contribution >= 0.6 is 0 Å². The fraction of sp³-hybridized carbons (Fsp3) is 0.500. The first-order chi connectivity index (χ1) is 7.44. The summed E-state index contributed by atoms with van der Waals surface area (Å²) < 4.78 is 6.12. The van der Waals surface area contributed by atoms with E-state index in [1.807, 2.05) is 0 Å². The molecule has 0 atom stereocenters. The Morgan fingerprint density at radius 3 is 2.75 bits per heavy atom. The van der Waals surface area contributed by atoms with Gasteiger partial charge in [0.05, 0.1) is 19.0 Å². The molecular formula is C10H13N3O3. The number of hydrogen-bond acceptors (Lipinski definition) is 5. The number of isocyanates is 1. The number of rotatable bonds is 3. The van der Waals surface area contributed by atoms with Gasteiger partial charge in [0.15, 0.2) is 0 Å². The summed E-state index contributed by atoms with van der Waals surface area (Å²) in [5.41, 5.74) is -0.0482. The first-order valence-electron chi connectivity index (χ1n) is 4.64. The van der Waals surface area contributed by atoms with Crippen molar-refractivity contribution in [1.82, 2.24) is 9.78 Å². The Hall–Kier alpha value is -1.94. The van der Waals surface area contributed by atoms with Crippen LogP contribution in [0, 0.1) is 0 Å². The van der Waals surface area contributed by atoms with Gasteiger partial charge in [0, 0.05) is 7.05 Å². The van der Waals surface area contributed by atoms with Crippen LogP contribution in [0.25, 0.3) is 0 Å². The minimum atomic E-state index is -0.865. The third-order valence-electron chi connectivity index (χ3n) is 2.25. The summed E-state index contributed by atoms with van der Waals surface area (Å²) in [7, 11) is 2.96. The van der Waals surface area contributed by atoms with Crippen LogP contribution in [0.3, 0.4) is 0 Å². The van der Waals surface area contributed by atoms with Crippen molar-refractivity contribution in [3.8, 4) is 0 Å². The van der Waals surface area contributed by atoms with E-state index in [1.54, 1.807) is 20.9 Å². The van der Waals surface area contributed by atoms with Gasteiger partial charge in [0.1, 0.15) is 11.1 Å². The lowest BCUT2D eigenvalue weighted by Gasteiger charge is -2.19. The molecule has 0 aliphatic carbocycles. The Balaban J connectivity index is 3.37. The van der Waals surface area contributed by atoms with Crippen LogP contribution in [0.1, 0.15) is 29.9 Å². The molecule has 6 heteroatoms. The number of esters is 1. The van der Waals surface area contributed by atoms with Crippen LogP contribution in [0.4, 0.5) is 0 Å². The highest BCUT2D eigenvalue weighted by Crippen LogP contribution is 2.27. The van der Waals surface area contributed by atoms with E-state index in [4.69, 9.17) is 0 Å². The third-order valence-corrected chi connectivity index (χ3v) is 2.25. The van der Waals surface area contributed by atoms with E-state index in [2.05, 4.69) is 14.8 Å². The van der Waals surface area contributed by atoms with Crippen molar-refractivity contribution in [2.75, 3.05) is 7.11 Å². The van der Waals surface area contributed by atoms with Gasteiger partial charge in [-0.3, -0.25) is 4.68 Å². The largest absolute Gasteiger partial charge is 0.465 e. The summed E-state index contributed by atoms with van der Waals surface area (Å²) >= 11 is 0. The zero-order valence-electron chi connectivity index (χ0n) is 9.64. The second-order valence-corrected chi connectivity index (χ2v) is 3.78. The van der Waals surface area contributed by atoms with Gasteiger partial charge in [-0.2, -0.15) is 10.1 Å². The molecule has 1 rings (SSSR count). The number of nitrogens with zero attached hydrogens (tertiary/aromatic N) is 3. The van der Waals surface area contributed by atoms with Crippen LogP contribution in [-0.4, -0.2) is 28.9 Å². The lowest BCUT2D eigenvalue weighted by atomic mass is 9.98. The standard InChI is InChI=1S/C10H13N3O3/c1-10(2,11-6-14)8-7(9(15)16-4)5-12-13(8)3/h5H,1-4H3. The van der Waals surface area contributed by atoms with Gasteiger partial charge in [-0.15, -0.1) is 0 Å². The maximum absolute atomic E-state index is 11.5. The first-order valence-corrected chi connectivity index (χ1v) is 4.64. The van der Waals surface area contributed by atoms with Crippen LogP contribution < -0.4 is 0 Å². The Morgan fingerprint density at radius 1 is 1.62 bits per heavy atom. The van der Waals surface area contributed by atoms with Gasteiger partial charge in [-0.1, -0.05) is 0 Å². The summed E-state index contributed by atoms with van der Waals surface area (Å²) in [5, 5.41) is 3.96. The van der Waals surface area contributed by atoms with Crippen molar-refractivity contribution in [3.05, 3.63) is 17.5 Å². The quantitative estimate of drug-likeness (QED) is 0.431. The molecule has 0 aliphatic heterocycles. The maximum atomic E-state index is 11.5. The molecular weight excluding hydrogens is 210 g/mol. The Morgan fingerprint density at radius 2 is 2.25 bits per heavy atom. The van der Waals surface area contributed by atoms with E-state index >= 15 is 0 Å². The Bertz CT molecular complexity index is 456. The number of hydrogen-bond donors (Lipinski definition) is 0. The van der Waals surface area contributed by atoms with Gasteiger partial charge >= 0.3 is 5.97 Å². The zero-order valence-corrected chi connectivity index (χ0v) is 9.64. The second kappa shape index (κ2) is 4.28. The van der Waals surface area contributed by atoms with Gasteiger partial charge in [0.2, 0.25) is 6.08 Å². The van der Waals surface area contributed by atoms with Crippen molar-refractivity contribution in [2.24, 2.45) is 12.0 Å². The van der Waals surface area contributed by atoms with E-state index in [-0.39, 0.29) is 0 Å². The fourth-order valence-corrected chi connectivity index (χ4v) is 1.59. The molecule has 0 saturated heterocycles. The first kappa shape index (κ1) is 12.1. The lowest BCUT2D eigenvalue weighted by Crippen LogP contribution is -2.22.